The maximum Gasteiger partial charge on any atom is 0.331 e. The van der Waals surface area contributed by atoms with Gasteiger partial charge >= 0.3 is 5.97 Å². The highest BCUT2D eigenvalue weighted by Crippen LogP contribution is 2.17. The average molecular weight is 369 g/mol. The second kappa shape index (κ2) is 9.25. The van der Waals surface area contributed by atoms with Crippen molar-refractivity contribution in [3.63, 3.8) is 0 Å². The monoisotopic (exact) mass is 369 g/mol. The molecule has 2 aromatic carbocycles. The SMILES string of the molecule is CSc1ccc(/C=C/C(=O)O[C@@H](C)C(=O)Nc2cc(C)ccc2C)cc1. The molecule has 0 radical (unpaired) electrons. The van der Waals surface area contributed by atoms with Gasteiger partial charge in [0.25, 0.3) is 5.91 Å². The third-order valence-corrected chi connectivity index (χ3v) is 4.58. The van der Waals surface area contributed by atoms with Gasteiger partial charge in [-0.25, -0.2) is 4.79 Å². The molecule has 0 saturated carbocycles. The summed E-state index contributed by atoms with van der Waals surface area (Å²) in [7, 11) is 0. The van der Waals surface area contributed by atoms with E-state index >= 15 is 0 Å². The molecule has 0 unspecified atom stereocenters. The summed E-state index contributed by atoms with van der Waals surface area (Å²) in [6.45, 7) is 5.42. The van der Waals surface area contributed by atoms with Gasteiger partial charge in [0.1, 0.15) is 0 Å². The summed E-state index contributed by atoms with van der Waals surface area (Å²) in [6, 6.07) is 13.6. The van der Waals surface area contributed by atoms with E-state index in [9.17, 15) is 9.59 Å². The van der Waals surface area contributed by atoms with Gasteiger partial charge < -0.3 is 10.1 Å². The third kappa shape index (κ3) is 5.77. The molecular weight excluding hydrogens is 346 g/mol. The van der Waals surface area contributed by atoms with Gasteiger partial charge in [0.2, 0.25) is 0 Å². The van der Waals surface area contributed by atoms with Crippen LogP contribution in [0.25, 0.3) is 6.08 Å². The van der Waals surface area contributed by atoms with Crippen molar-refractivity contribution in [3.8, 4) is 0 Å². The van der Waals surface area contributed by atoms with Crippen molar-refractivity contribution in [2.45, 2.75) is 31.8 Å². The number of rotatable bonds is 6. The summed E-state index contributed by atoms with van der Waals surface area (Å²) in [6.07, 6.45) is 4.12. The summed E-state index contributed by atoms with van der Waals surface area (Å²) in [4.78, 5) is 25.3. The molecule has 0 bridgehead atoms. The summed E-state index contributed by atoms with van der Waals surface area (Å²) in [5.74, 6) is -0.910. The van der Waals surface area contributed by atoms with E-state index in [2.05, 4.69) is 5.32 Å². The predicted molar refractivity (Wildman–Crippen MR) is 107 cm³/mol. The van der Waals surface area contributed by atoms with Crippen LogP contribution < -0.4 is 5.32 Å². The number of esters is 1. The van der Waals surface area contributed by atoms with Gasteiger partial charge in [-0.2, -0.15) is 0 Å². The quantitative estimate of drug-likeness (QED) is 0.459. The molecule has 1 N–H and O–H groups in total. The van der Waals surface area contributed by atoms with Gasteiger partial charge in [0, 0.05) is 16.7 Å². The largest absolute Gasteiger partial charge is 0.449 e. The van der Waals surface area contributed by atoms with E-state index in [1.807, 2.05) is 62.6 Å². The standard InChI is InChI=1S/C21H23NO3S/c1-14-5-6-15(2)19(13-14)22-21(24)16(3)25-20(23)12-9-17-7-10-18(26-4)11-8-17/h5-13,16H,1-4H3,(H,22,24)/b12-9+/t16-/m0/s1. The van der Waals surface area contributed by atoms with E-state index in [-0.39, 0.29) is 5.91 Å². The number of benzene rings is 2. The first kappa shape index (κ1) is 19.8. The number of hydrogen-bond acceptors (Lipinski definition) is 4. The first-order valence-electron chi connectivity index (χ1n) is 8.30. The Labute approximate surface area is 158 Å². The highest BCUT2D eigenvalue weighted by Gasteiger charge is 2.17. The number of nitrogens with one attached hydrogen (secondary N) is 1. The molecule has 5 heteroatoms. The first-order chi connectivity index (χ1) is 12.4. The van der Waals surface area contributed by atoms with E-state index in [4.69, 9.17) is 4.74 Å². The Morgan fingerprint density at radius 2 is 1.81 bits per heavy atom. The molecule has 0 spiro atoms. The fraction of sp³-hybridized carbons (Fsp3) is 0.238. The first-order valence-corrected chi connectivity index (χ1v) is 9.52. The Kier molecular flexibility index (Phi) is 7.04. The highest BCUT2D eigenvalue weighted by molar-refractivity contribution is 7.98. The molecule has 0 aliphatic heterocycles. The fourth-order valence-corrected chi connectivity index (χ4v) is 2.66. The predicted octanol–water partition coefficient (Wildman–Crippen LogP) is 4.61. The van der Waals surface area contributed by atoms with E-state index in [0.717, 1.165) is 27.3 Å². The second-order valence-corrected chi connectivity index (χ2v) is 6.87. The van der Waals surface area contributed by atoms with E-state index in [1.165, 1.54) is 6.08 Å². The average Bonchev–Trinajstić information content (AvgIpc) is 2.63. The summed E-state index contributed by atoms with van der Waals surface area (Å²) in [5, 5.41) is 2.80. The van der Waals surface area contributed by atoms with Gasteiger partial charge in [-0.05, 0) is 68.0 Å². The van der Waals surface area contributed by atoms with Gasteiger partial charge in [0.05, 0.1) is 0 Å². The molecule has 1 amide bonds. The summed E-state index contributed by atoms with van der Waals surface area (Å²) >= 11 is 1.66. The zero-order valence-corrected chi connectivity index (χ0v) is 16.2. The molecule has 0 saturated heterocycles. The van der Waals surface area contributed by atoms with Crippen LogP contribution in [-0.4, -0.2) is 24.2 Å². The van der Waals surface area contributed by atoms with Gasteiger partial charge in [0.15, 0.2) is 6.10 Å². The maximum atomic E-state index is 12.2. The number of anilines is 1. The Balaban J connectivity index is 1.91. The molecule has 1 atom stereocenters. The number of aryl methyl sites for hydroxylation is 2. The lowest BCUT2D eigenvalue weighted by atomic mass is 10.1. The van der Waals surface area contributed by atoms with Crippen LogP contribution in [-0.2, 0) is 14.3 Å². The maximum absolute atomic E-state index is 12.2. The van der Waals surface area contributed by atoms with Crippen LogP contribution >= 0.6 is 11.8 Å². The zero-order chi connectivity index (χ0) is 19.1. The molecule has 2 rings (SSSR count). The lowest BCUT2D eigenvalue weighted by molar-refractivity contribution is -0.148. The Morgan fingerprint density at radius 3 is 2.46 bits per heavy atom. The Morgan fingerprint density at radius 1 is 1.12 bits per heavy atom. The van der Waals surface area contributed by atoms with Gasteiger partial charge in [-0.3, -0.25) is 4.79 Å². The van der Waals surface area contributed by atoms with Crippen LogP contribution in [0.1, 0.15) is 23.6 Å². The number of hydrogen-bond donors (Lipinski definition) is 1. The summed E-state index contributed by atoms with van der Waals surface area (Å²) in [5.41, 5.74) is 3.62. The van der Waals surface area contributed by atoms with Crippen LogP contribution in [0.4, 0.5) is 5.69 Å². The zero-order valence-electron chi connectivity index (χ0n) is 15.4. The minimum atomic E-state index is -0.883. The van der Waals surface area contributed by atoms with Crippen molar-refractivity contribution >= 4 is 35.4 Å². The lowest BCUT2D eigenvalue weighted by Crippen LogP contribution is -2.29. The highest BCUT2D eigenvalue weighted by atomic mass is 32.2. The normalized spacial score (nSPS) is 12.0. The number of carbonyl (C=O) groups is 2. The number of ether oxygens (including phenoxy) is 1. The molecular formula is C21H23NO3S. The fourth-order valence-electron chi connectivity index (χ4n) is 2.25. The third-order valence-electron chi connectivity index (χ3n) is 3.84. The van der Waals surface area contributed by atoms with Crippen molar-refractivity contribution < 1.29 is 14.3 Å². The van der Waals surface area contributed by atoms with Crippen molar-refractivity contribution in [2.75, 3.05) is 11.6 Å². The van der Waals surface area contributed by atoms with E-state index in [0.29, 0.717) is 0 Å². The minimum Gasteiger partial charge on any atom is -0.449 e. The second-order valence-electron chi connectivity index (χ2n) is 5.99. The summed E-state index contributed by atoms with van der Waals surface area (Å²) < 4.78 is 5.18. The Hall–Kier alpha value is -2.53. The van der Waals surface area contributed by atoms with Crippen molar-refractivity contribution in [1.29, 1.82) is 0 Å². The van der Waals surface area contributed by atoms with Crippen LogP contribution in [0.15, 0.2) is 53.4 Å². The van der Waals surface area contributed by atoms with Crippen molar-refractivity contribution in [3.05, 3.63) is 65.2 Å². The van der Waals surface area contributed by atoms with E-state index in [1.54, 1.807) is 24.8 Å². The van der Waals surface area contributed by atoms with Crippen molar-refractivity contribution in [1.82, 2.24) is 0 Å². The number of thioether (sulfide) groups is 1. The number of carbonyl (C=O) groups excluding carboxylic acids is 2. The van der Waals surface area contributed by atoms with Crippen LogP contribution in [0.2, 0.25) is 0 Å². The van der Waals surface area contributed by atoms with Crippen LogP contribution in [0.3, 0.4) is 0 Å². The number of amides is 1. The minimum absolute atomic E-state index is 0.357. The molecule has 0 aliphatic rings. The molecule has 2 aromatic rings. The molecule has 136 valence electrons. The molecule has 26 heavy (non-hydrogen) atoms. The molecule has 0 aliphatic carbocycles. The van der Waals surface area contributed by atoms with Crippen LogP contribution in [0.5, 0.6) is 0 Å². The molecule has 4 nitrogen and oxygen atoms in total. The smallest absolute Gasteiger partial charge is 0.331 e. The molecule has 0 fully saturated rings. The Bertz CT molecular complexity index is 813. The topological polar surface area (TPSA) is 55.4 Å². The van der Waals surface area contributed by atoms with Crippen LogP contribution in [0, 0.1) is 13.8 Å². The lowest BCUT2D eigenvalue weighted by Gasteiger charge is -2.14. The van der Waals surface area contributed by atoms with E-state index < -0.39 is 12.1 Å². The molecule has 0 heterocycles. The van der Waals surface area contributed by atoms with Gasteiger partial charge in [-0.15, -0.1) is 11.8 Å². The molecule has 0 aromatic heterocycles. The van der Waals surface area contributed by atoms with Crippen molar-refractivity contribution in [2.24, 2.45) is 0 Å². The van der Waals surface area contributed by atoms with Gasteiger partial charge in [-0.1, -0.05) is 24.3 Å².